The van der Waals surface area contributed by atoms with Gasteiger partial charge in [0.2, 0.25) is 5.90 Å². The van der Waals surface area contributed by atoms with Crippen LogP contribution in [0, 0.1) is 5.82 Å². The zero-order chi connectivity index (χ0) is 15.7. The fraction of sp³-hybridized carbons (Fsp3) is 0. The minimum absolute atomic E-state index is 0.0167. The van der Waals surface area contributed by atoms with E-state index < -0.39 is 11.8 Å². The van der Waals surface area contributed by atoms with Gasteiger partial charge in [0.05, 0.1) is 5.02 Å². The maximum absolute atomic E-state index is 13.8. The molecule has 0 aliphatic carbocycles. The predicted molar refractivity (Wildman–Crippen MR) is 83.5 cm³/mol. The van der Waals surface area contributed by atoms with Crippen molar-refractivity contribution in [3.8, 4) is 0 Å². The van der Waals surface area contributed by atoms with Gasteiger partial charge in [-0.2, -0.15) is 0 Å². The fourth-order valence-corrected chi connectivity index (χ4v) is 2.25. The van der Waals surface area contributed by atoms with E-state index in [0.29, 0.717) is 10.6 Å². The van der Waals surface area contributed by atoms with Crippen LogP contribution in [0.2, 0.25) is 10.0 Å². The van der Waals surface area contributed by atoms with Crippen LogP contribution in [0.25, 0.3) is 6.08 Å². The number of halogens is 3. The van der Waals surface area contributed by atoms with E-state index in [9.17, 15) is 9.18 Å². The first-order valence-corrected chi connectivity index (χ1v) is 7.03. The van der Waals surface area contributed by atoms with Gasteiger partial charge in [0.25, 0.3) is 0 Å². The van der Waals surface area contributed by atoms with E-state index in [1.807, 2.05) is 0 Å². The molecule has 2 aromatic carbocycles. The van der Waals surface area contributed by atoms with Crippen LogP contribution in [-0.2, 0) is 9.53 Å². The van der Waals surface area contributed by atoms with Crippen molar-refractivity contribution >= 4 is 41.1 Å². The van der Waals surface area contributed by atoms with Gasteiger partial charge in [0.15, 0.2) is 5.70 Å². The van der Waals surface area contributed by atoms with Gasteiger partial charge >= 0.3 is 5.97 Å². The number of rotatable bonds is 2. The van der Waals surface area contributed by atoms with Crippen LogP contribution in [0.15, 0.2) is 53.2 Å². The van der Waals surface area contributed by atoms with Crippen LogP contribution in [0.1, 0.15) is 11.1 Å². The first-order valence-electron chi connectivity index (χ1n) is 6.27. The lowest BCUT2D eigenvalue weighted by Gasteiger charge is -1.99. The molecular weight excluding hydrogens is 328 g/mol. The molecule has 1 aliphatic heterocycles. The summed E-state index contributed by atoms with van der Waals surface area (Å²) in [6, 6.07) is 10.9. The number of hydrogen-bond donors (Lipinski definition) is 0. The molecule has 2 aromatic rings. The Kier molecular flexibility index (Phi) is 3.96. The molecule has 110 valence electrons. The Bertz CT molecular complexity index is 793. The third-order valence-electron chi connectivity index (χ3n) is 2.99. The Morgan fingerprint density at radius 3 is 2.50 bits per heavy atom. The maximum Gasteiger partial charge on any atom is 0.363 e. The molecular formula is C16H8Cl2FNO2. The van der Waals surface area contributed by atoms with Gasteiger partial charge in [0, 0.05) is 16.1 Å². The second-order valence-electron chi connectivity index (χ2n) is 4.48. The number of carbonyl (C=O) groups excluding carboxylic acids is 1. The standard InChI is InChI=1S/C16H8Cl2FNO2/c17-10-6-4-9(5-7-10)15-20-14(16(21)22-15)8-11-12(18)2-1-3-13(11)19/h1-8H/b14-8+. The second kappa shape index (κ2) is 5.91. The third-order valence-corrected chi connectivity index (χ3v) is 3.57. The summed E-state index contributed by atoms with van der Waals surface area (Å²) in [6.45, 7) is 0. The molecule has 1 aliphatic rings. The quantitative estimate of drug-likeness (QED) is 0.599. The normalized spacial score (nSPS) is 15.9. The van der Waals surface area contributed by atoms with Gasteiger partial charge in [-0.05, 0) is 42.5 Å². The molecule has 6 heteroatoms. The number of benzene rings is 2. The predicted octanol–water partition coefficient (Wildman–Crippen LogP) is 4.48. The second-order valence-corrected chi connectivity index (χ2v) is 5.32. The highest BCUT2D eigenvalue weighted by molar-refractivity contribution is 6.32. The average Bonchev–Trinajstić information content (AvgIpc) is 2.85. The van der Waals surface area contributed by atoms with Crippen molar-refractivity contribution in [2.24, 2.45) is 4.99 Å². The molecule has 0 atom stereocenters. The van der Waals surface area contributed by atoms with Crippen LogP contribution in [0.5, 0.6) is 0 Å². The minimum Gasteiger partial charge on any atom is -0.402 e. The summed E-state index contributed by atoms with van der Waals surface area (Å²) < 4.78 is 18.8. The van der Waals surface area contributed by atoms with Crippen LogP contribution in [-0.4, -0.2) is 11.9 Å². The number of cyclic esters (lactones) is 1. The van der Waals surface area contributed by atoms with Gasteiger partial charge in [-0.15, -0.1) is 0 Å². The Morgan fingerprint density at radius 2 is 1.82 bits per heavy atom. The van der Waals surface area contributed by atoms with Gasteiger partial charge in [-0.25, -0.2) is 14.2 Å². The van der Waals surface area contributed by atoms with E-state index in [2.05, 4.69) is 4.99 Å². The highest BCUT2D eigenvalue weighted by Gasteiger charge is 2.24. The highest BCUT2D eigenvalue weighted by Crippen LogP contribution is 2.25. The molecule has 3 nitrogen and oxygen atoms in total. The van der Waals surface area contributed by atoms with E-state index in [4.69, 9.17) is 27.9 Å². The van der Waals surface area contributed by atoms with E-state index >= 15 is 0 Å². The largest absolute Gasteiger partial charge is 0.402 e. The molecule has 0 unspecified atom stereocenters. The lowest BCUT2D eigenvalue weighted by Crippen LogP contribution is -2.05. The number of aliphatic imine (C=N–C) groups is 1. The first kappa shape index (κ1) is 14.8. The summed E-state index contributed by atoms with van der Waals surface area (Å²) in [4.78, 5) is 15.9. The molecule has 0 bridgehead atoms. The third kappa shape index (κ3) is 2.89. The van der Waals surface area contributed by atoms with Crippen molar-refractivity contribution in [2.75, 3.05) is 0 Å². The van der Waals surface area contributed by atoms with Gasteiger partial charge in [0.1, 0.15) is 5.82 Å². The molecule has 0 aromatic heterocycles. The Balaban J connectivity index is 1.99. The zero-order valence-corrected chi connectivity index (χ0v) is 12.5. The van der Waals surface area contributed by atoms with E-state index in [1.165, 1.54) is 24.3 Å². The molecule has 1 heterocycles. The molecule has 0 radical (unpaired) electrons. The SMILES string of the molecule is O=C1OC(c2ccc(Cl)cc2)=N/C1=C/c1c(F)cccc1Cl. The number of nitrogens with zero attached hydrogens (tertiary/aromatic N) is 1. The summed E-state index contributed by atoms with van der Waals surface area (Å²) in [5, 5.41) is 0.748. The summed E-state index contributed by atoms with van der Waals surface area (Å²) in [5.41, 5.74) is 0.676. The molecule has 22 heavy (non-hydrogen) atoms. The van der Waals surface area contributed by atoms with Crippen molar-refractivity contribution in [1.29, 1.82) is 0 Å². The molecule has 0 amide bonds. The number of esters is 1. The molecule has 3 rings (SSSR count). The Labute approximate surface area is 135 Å². The number of hydrogen-bond acceptors (Lipinski definition) is 3. The topological polar surface area (TPSA) is 38.7 Å². The molecule has 0 saturated heterocycles. The lowest BCUT2D eigenvalue weighted by molar-refractivity contribution is -0.129. The molecule has 0 saturated carbocycles. The van der Waals surface area contributed by atoms with Crippen molar-refractivity contribution in [2.45, 2.75) is 0 Å². The summed E-state index contributed by atoms with van der Waals surface area (Å²) in [6.07, 6.45) is 1.27. The molecule has 0 spiro atoms. The molecule has 0 fully saturated rings. The lowest BCUT2D eigenvalue weighted by atomic mass is 10.2. The van der Waals surface area contributed by atoms with Crippen LogP contribution in [0.4, 0.5) is 4.39 Å². The van der Waals surface area contributed by atoms with Crippen LogP contribution < -0.4 is 0 Å². The molecule has 0 N–H and O–H groups in total. The summed E-state index contributed by atoms with van der Waals surface area (Å²) >= 11 is 11.7. The van der Waals surface area contributed by atoms with Crippen LogP contribution in [0.3, 0.4) is 0 Å². The number of carbonyl (C=O) groups is 1. The monoisotopic (exact) mass is 335 g/mol. The van der Waals surface area contributed by atoms with Crippen molar-refractivity contribution in [3.05, 3.63) is 75.2 Å². The smallest absolute Gasteiger partial charge is 0.363 e. The number of ether oxygens (including phenoxy) is 1. The minimum atomic E-state index is -0.663. The zero-order valence-electron chi connectivity index (χ0n) is 11.0. The first-order chi connectivity index (χ1) is 10.5. The van der Waals surface area contributed by atoms with Crippen molar-refractivity contribution < 1.29 is 13.9 Å². The van der Waals surface area contributed by atoms with Crippen molar-refractivity contribution in [3.63, 3.8) is 0 Å². The summed E-state index contributed by atoms with van der Waals surface area (Å²) in [7, 11) is 0. The average molecular weight is 336 g/mol. The fourth-order valence-electron chi connectivity index (χ4n) is 1.91. The Hall–Kier alpha value is -2.17. The maximum atomic E-state index is 13.8. The summed E-state index contributed by atoms with van der Waals surface area (Å²) in [5.74, 6) is -1.06. The van der Waals surface area contributed by atoms with Gasteiger partial charge in [-0.3, -0.25) is 0 Å². The van der Waals surface area contributed by atoms with Gasteiger partial charge in [-0.1, -0.05) is 29.3 Å². The van der Waals surface area contributed by atoms with Crippen LogP contribution >= 0.6 is 23.2 Å². The van der Waals surface area contributed by atoms with E-state index in [1.54, 1.807) is 24.3 Å². The van der Waals surface area contributed by atoms with E-state index in [0.717, 1.165) is 0 Å². The highest BCUT2D eigenvalue weighted by atomic mass is 35.5. The Morgan fingerprint density at radius 1 is 1.09 bits per heavy atom. The van der Waals surface area contributed by atoms with Gasteiger partial charge < -0.3 is 4.74 Å². The van der Waals surface area contributed by atoms with E-state index in [-0.39, 0.29) is 22.2 Å². The van der Waals surface area contributed by atoms with Crippen molar-refractivity contribution in [1.82, 2.24) is 0 Å².